The number of hydrogen-bond donors (Lipinski definition) is 1. The molecule has 3 atom stereocenters. The molecule has 0 spiro atoms. The number of halogens is 1. The van der Waals surface area contributed by atoms with Crippen LogP contribution < -0.4 is 5.73 Å². The summed E-state index contributed by atoms with van der Waals surface area (Å²) in [4.78, 5) is 0. The summed E-state index contributed by atoms with van der Waals surface area (Å²) >= 11 is 2.40. The summed E-state index contributed by atoms with van der Waals surface area (Å²) in [6, 6.07) is 8.76. The first kappa shape index (κ1) is 12.4. The Hall–Kier alpha value is -0.0900. The molecule has 2 N–H and O–H groups in total. The highest BCUT2D eigenvalue weighted by molar-refractivity contribution is 14.1. The quantitative estimate of drug-likeness (QED) is 0.812. The van der Waals surface area contributed by atoms with Crippen LogP contribution in [0.3, 0.4) is 0 Å². The predicted octanol–water partition coefficient (Wildman–Crippen LogP) is 4.12. The third kappa shape index (κ3) is 2.77. The first-order chi connectivity index (χ1) is 7.68. The molecule has 1 aromatic rings. The second kappa shape index (κ2) is 5.50. The van der Waals surface area contributed by atoms with Crippen molar-refractivity contribution in [2.75, 3.05) is 0 Å². The van der Waals surface area contributed by atoms with E-state index in [1.807, 2.05) is 0 Å². The lowest BCUT2D eigenvalue weighted by Crippen LogP contribution is -2.26. The molecule has 0 saturated heterocycles. The van der Waals surface area contributed by atoms with Gasteiger partial charge < -0.3 is 5.73 Å². The molecule has 0 amide bonds. The summed E-state index contributed by atoms with van der Waals surface area (Å²) in [7, 11) is 0. The summed E-state index contributed by atoms with van der Waals surface area (Å²) < 4.78 is 1.31. The van der Waals surface area contributed by atoms with Gasteiger partial charge in [-0.3, -0.25) is 0 Å². The van der Waals surface area contributed by atoms with Gasteiger partial charge in [0.25, 0.3) is 0 Å². The van der Waals surface area contributed by atoms with E-state index in [-0.39, 0.29) is 6.04 Å². The molecule has 0 radical (unpaired) electrons. The van der Waals surface area contributed by atoms with Crippen molar-refractivity contribution in [1.29, 1.82) is 0 Å². The molecule has 2 rings (SSSR count). The van der Waals surface area contributed by atoms with E-state index in [0.29, 0.717) is 5.92 Å². The third-order valence-corrected chi connectivity index (χ3v) is 4.73. The van der Waals surface area contributed by atoms with Crippen LogP contribution in [0.15, 0.2) is 24.3 Å². The zero-order valence-electron chi connectivity index (χ0n) is 9.83. The van der Waals surface area contributed by atoms with Gasteiger partial charge in [0.1, 0.15) is 0 Å². The molecule has 1 aromatic carbocycles. The lowest BCUT2D eigenvalue weighted by atomic mass is 9.77. The van der Waals surface area contributed by atoms with Crippen LogP contribution in [0.4, 0.5) is 0 Å². The molecule has 16 heavy (non-hydrogen) atoms. The fraction of sp³-hybridized carbons (Fsp3) is 0.571. The number of hydrogen-bond acceptors (Lipinski definition) is 1. The van der Waals surface area contributed by atoms with Gasteiger partial charge in [0, 0.05) is 9.61 Å². The van der Waals surface area contributed by atoms with Crippen LogP contribution in [0.25, 0.3) is 0 Å². The fourth-order valence-corrected chi connectivity index (χ4v) is 3.55. The molecule has 0 aromatic heterocycles. The normalized spacial score (nSPS) is 27.7. The Morgan fingerprint density at radius 3 is 2.75 bits per heavy atom. The second-order valence-electron chi connectivity index (χ2n) is 5.08. The summed E-state index contributed by atoms with van der Waals surface area (Å²) in [5, 5.41) is 0. The van der Waals surface area contributed by atoms with E-state index >= 15 is 0 Å². The molecule has 1 aliphatic carbocycles. The predicted molar refractivity (Wildman–Crippen MR) is 77.2 cm³/mol. The Morgan fingerprint density at radius 2 is 2.06 bits per heavy atom. The number of benzene rings is 1. The maximum Gasteiger partial charge on any atom is 0.0334 e. The lowest BCUT2D eigenvalue weighted by Gasteiger charge is -2.31. The number of nitrogens with two attached hydrogens (primary N) is 1. The van der Waals surface area contributed by atoms with Gasteiger partial charge in [-0.1, -0.05) is 38.0 Å². The van der Waals surface area contributed by atoms with E-state index in [1.165, 1.54) is 34.8 Å². The molecule has 1 aliphatic rings. The Balaban J connectivity index is 2.12. The highest BCUT2D eigenvalue weighted by atomic mass is 127. The van der Waals surface area contributed by atoms with E-state index in [0.717, 1.165) is 5.92 Å². The first-order valence-corrected chi connectivity index (χ1v) is 7.26. The van der Waals surface area contributed by atoms with Gasteiger partial charge in [-0.25, -0.2) is 0 Å². The standard InChI is InChI=1S/C14H20IN/c1-10-5-4-6-11(9-10)14(16)12-7-2-3-8-13(12)15/h2-3,7-8,10-11,14H,4-6,9,16H2,1H3. The average molecular weight is 329 g/mol. The minimum atomic E-state index is 0.232. The third-order valence-electron chi connectivity index (χ3n) is 3.75. The minimum absolute atomic E-state index is 0.232. The van der Waals surface area contributed by atoms with Crippen LogP contribution in [0.1, 0.15) is 44.2 Å². The lowest BCUT2D eigenvalue weighted by molar-refractivity contribution is 0.247. The van der Waals surface area contributed by atoms with Gasteiger partial charge in [-0.05, 0) is 58.9 Å². The van der Waals surface area contributed by atoms with Crippen molar-refractivity contribution in [3.63, 3.8) is 0 Å². The van der Waals surface area contributed by atoms with Gasteiger partial charge in [-0.2, -0.15) is 0 Å². The largest absolute Gasteiger partial charge is 0.324 e. The molecule has 88 valence electrons. The summed E-state index contributed by atoms with van der Waals surface area (Å²) in [5.74, 6) is 1.53. The van der Waals surface area contributed by atoms with Crippen molar-refractivity contribution in [2.45, 2.75) is 38.6 Å². The number of rotatable bonds is 2. The highest BCUT2D eigenvalue weighted by Crippen LogP contribution is 2.36. The SMILES string of the molecule is CC1CCCC(C(N)c2ccccc2I)C1. The van der Waals surface area contributed by atoms with Crippen LogP contribution in [0.2, 0.25) is 0 Å². The van der Waals surface area contributed by atoms with Crippen LogP contribution >= 0.6 is 22.6 Å². The van der Waals surface area contributed by atoms with Crippen molar-refractivity contribution in [2.24, 2.45) is 17.6 Å². The van der Waals surface area contributed by atoms with E-state index in [1.54, 1.807) is 0 Å². The second-order valence-corrected chi connectivity index (χ2v) is 6.24. The smallest absolute Gasteiger partial charge is 0.0334 e. The van der Waals surface area contributed by atoms with Crippen LogP contribution in [0, 0.1) is 15.4 Å². The Morgan fingerprint density at radius 1 is 1.31 bits per heavy atom. The van der Waals surface area contributed by atoms with E-state index in [4.69, 9.17) is 5.73 Å². The molecule has 1 saturated carbocycles. The Labute approximate surface area is 112 Å². The Kier molecular flexibility index (Phi) is 4.25. The van der Waals surface area contributed by atoms with Crippen LogP contribution in [0.5, 0.6) is 0 Å². The molecule has 0 bridgehead atoms. The molecule has 0 aliphatic heterocycles. The fourth-order valence-electron chi connectivity index (χ4n) is 2.81. The van der Waals surface area contributed by atoms with Crippen LogP contribution in [-0.4, -0.2) is 0 Å². The molecular weight excluding hydrogens is 309 g/mol. The van der Waals surface area contributed by atoms with Gasteiger partial charge in [0.15, 0.2) is 0 Å². The van der Waals surface area contributed by atoms with Crippen molar-refractivity contribution in [3.05, 3.63) is 33.4 Å². The summed E-state index contributed by atoms with van der Waals surface area (Å²) in [5.41, 5.74) is 7.76. The monoisotopic (exact) mass is 329 g/mol. The van der Waals surface area contributed by atoms with Gasteiger partial charge in [0.2, 0.25) is 0 Å². The summed E-state index contributed by atoms with van der Waals surface area (Å²) in [6.45, 7) is 2.36. The van der Waals surface area contributed by atoms with E-state index < -0.39 is 0 Å². The van der Waals surface area contributed by atoms with E-state index in [9.17, 15) is 0 Å². The van der Waals surface area contributed by atoms with E-state index in [2.05, 4.69) is 53.8 Å². The van der Waals surface area contributed by atoms with Gasteiger partial charge >= 0.3 is 0 Å². The molecule has 2 heteroatoms. The zero-order valence-corrected chi connectivity index (χ0v) is 12.0. The molecule has 1 nitrogen and oxygen atoms in total. The van der Waals surface area contributed by atoms with Crippen molar-refractivity contribution in [3.8, 4) is 0 Å². The molecular formula is C14H20IN. The van der Waals surface area contributed by atoms with Crippen molar-refractivity contribution >= 4 is 22.6 Å². The van der Waals surface area contributed by atoms with Gasteiger partial charge in [-0.15, -0.1) is 0 Å². The van der Waals surface area contributed by atoms with Crippen molar-refractivity contribution < 1.29 is 0 Å². The minimum Gasteiger partial charge on any atom is -0.324 e. The van der Waals surface area contributed by atoms with Crippen molar-refractivity contribution in [1.82, 2.24) is 0 Å². The topological polar surface area (TPSA) is 26.0 Å². The Bertz CT molecular complexity index is 350. The summed E-state index contributed by atoms with van der Waals surface area (Å²) in [6.07, 6.45) is 5.33. The first-order valence-electron chi connectivity index (χ1n) is 6.18. The maximum atomic E-state index is 6.43. The van der Waals surface area contributed by atoms with Crippen LogP contribution in [-0.2, 0) is 0 Å². The highest BCUT2D eigenvalue weighted by Gasteiger charge is 2.26. The zero-order chi connectivity index (χ0) is 11.5. The molecule has 3 unspecified atom stereocenters. The molecule has 1 fully saturated rings. The van der Waals surface area contributed by atoms with Gasteiger partial charge in [0.05, 0.1) is 0 Å². The molecule has 0 heterocycles. The average Bonchev–Trinajstić information content (AvgIpc) is 2.29. The maximum absolute atomic E-state index is 6.43.